The molecule has 0 aromatic heterocycles. The van der Waals surface area contributed by atoms with Crippen LogP contribution in [0.3, 0.4) is 0 Å². The maximum absolute atomic E-state index is 11.5. The van der Waals surface area contributed by atoms with E-state index in [0.717, 1.165) is 19.0 Å². The molecule has 1 heterocycles. The van der Waals surface area contributed by atoms with Crippen molar-refractivity contribution >= 4 is 11.7 Å². The quantitative estimate of drug-likeness (QED) is 0.694. The van der Waals surface area contributed by atoms with Crippen molar-refractivity contribution in [1.29, 1.82) is 0 Å². The van der Waals surface area contributed by atoms with Crippen LogP contribution in [0.5, 0.6) is 0 Å². The second-order valence-corrected chi connectivity index (χ2v) is 4.51. The third kappa shape index (κ3) is 3.36. The summed E-state index contributed by atoms with van der Waals surface area (Å²) >= 11 is 0. The minimum Gasteiger partial charge on any atom is -0.356 e. The molecule has 0 aromatic rings. The minimum absolute atomic E-state index is 0.230. The van der Waals surface area contributed by atoms with Gasteiger partial charge < -0.3 is 10.6 Å². The number of nitrogens with zero attached hydrogens (tertiary/aromatic N) is 1. The molecule has 14 heavy (non-hydrogen) atoms. The Hall–Kier alpha value is -1.06. The van der Waals surface area contributed by atoms with Gasteiger partial charge in [0.25, 0.3) is 0 Å². The van der Waals surface area contributed by atoms with Gasteiger partial charge in [-0.15, -0.1) is 0 Å². The highest BCUT2D eigenvalue weighted by Gasteiger charge is 2.20. The number of guanidine groups is 1. The van der Waals surface area contributed by atoms with Gasteiger partial charge in [0.15, 0.2) is 5.96 Å². The van der Waals surface area contributed by atoms with Crippen molar-refractivity contribution in [2.75, 3.05) is 19.6 Å². The van der Waals surface area contributed by atoms with Crippen molar-refractivity contribution in [3.8, 4) is 0 Å². The van der Waals surface area contributed by atoms with Crippen molar-refractivity contribution in [3.63, 3.8) is 0 Å². The number of ketones is 1. The van der Waals surface area contributed by atoms with Crippen LogP contribution in [0, 0.1) is 5.41 Å². The topological polar surface area (TPSA) is 53.5 Å². The molecule has 0 radical (unpaired) electrons. The minimum atomic E-state index is -0.230. The van der Waals surface area contributed by atoms with Crippen LogP contribution in [0.25, 0.3) is 0 Å². The molecular formula is C10H19N3O. The third-order valence-electron chi connectivity index (χ3n) is 2.16. The monoisotopic (exact) mass is 197 g/mol. The molecule has 0 saturated heterocycles. The van der Waals surface area contributed by atoms with Gasteiger partial charge >= 0.3 is 0 Å². The van der Waals surface area contributed by atoms with Gasteiger partial charge in [0.05, 0.1) is 6.54 Å². The highest BCUT2D eigenvalue weighted by molar-refractivity contribution is 5.85. The normalized spacial score (nSPS) is 16.1. The summed E-state index contributed by atoms with van der Waals surface area (Å²) in [6.45, 7) is 8.23. The van der Waals surface area contributed by atoms with E-state index < -0.39 is 0 Å². The molecule has 0 fully saturated rings. The van der Waals surface area contributed by atoms with E-state index in [1.54, 1.807) is 0 Å². The number of nitrogens with one attached hydrogen (secondary N) is 2. The van der Waals surface area contributed by atoms with Crippen LogP contribution in [0.1, 0.15) is 27.2 Å². The van der Waals surface area contributed by atoms with Gasteiger partial charge in [-0.1, -0.05) is 20.8 Å². The molecule has 0 aromatic carbocycles. The molecule has 80 valence electrons. The Morgan fingerprint density at radius 3 is 2.79 bits per heavy atom. The Balaban J connectivity index is 2.18. The Morgan fingerprint density at radius 2 is 2.29 bits per heavy atom. The molecular weight excluding hydrogens is 178 g/mol. The molecule has 0 atom stereocenters. The van der Waals surface area contributed by atoms with E-state index in [1.807, 2.05) is 20.8 Å². The van der Waals surface area contributed by atoms with Gasteiger partial charge in [0.1, 0.15) is 5.78 Å². The maximum atomic E-state index is 11.5. The lowest BCUT2D eigenvalue weighted by atomic mass is 9.89. The SMILES string of the molecule is CC(C)(C)C(=O)CCNC1=NCCN1. The van der Waals surface area contributed by atoms with Gasteiger partial charge in [-0.3, -0.25) is 9.79 Å². The lowest BCUT2D eigenvalue weighted by Gasteiger charge is -2.16. The van der Waals surface area contributed by atoms with E-state index in [4.69, 9.17) is 0 Å². The highest BCUT2D eigenvalue weighted by atomic mass is 16.1. The van der Waals surface area contributed by atoms with Crippen molar-refractivity contribution in [2.45, 2.75) is 27.2 Å². The summed E-state index contributed by atoms with van der Waals surface area (Å²) in [5.41, 5.74) is -0.230. The molecule has 0 spiro atoms. The lowest BCUT2D eigenvalue weighted by molar-refractivity contribution is -0.126. The number of Topliss-reactive ketones (excluding diaryl/α,β-unsaturated/α-hetero) is 1. The van der Waals surface area contributed by atoms with E-state index >= 15 is 0 Å². The zero-order valence-electron chi connectivity index (χ0n) is 9.18. The van der Waals surface area contributed by atoms with E-state index in [9.17, 15) is 4.79 Å². The molecule has 0 saturated carbocycles. The second-order valence-electron chi connectivity index (χ2n) is 4.51. The number of hydrogen-bond donors (Lipinski definition) is 2. The molecule has 1 aliphatic heterocycles. The first-order chi connectivity index (χ1) is 6.50. The molecule has 0 bridgehead atoms. The predicted octanol–water partition coefficient (Wildman–Crippen LogP) is 0.540. The lowest BCUT2D eigenvalue weighted by Crippen LogP contribution is -2.36. The summed E-state index contributed by atoms with van der Waals surface area (Å²) in [6, 6.07) is 0. The van der Waals surface area contributed by atoms with E-state index in [-0.39, 0.29) is 11.2 Å². The first-order valence-electron chi connectivity index (χ1n) is 5.05. The fraction of sp³-hybridized carbons (Fsp3) is 0.800. The zero-order valence-corrected chi connectivity index (χ0v) is 9.18. The van der Waals surface area contributed by atoms with Crippen molar-refractivity contribution in [2.24, 2.45) is 10.4 Å². The smallest absolute Gasteiger partial charge is 0.191 e. The van der Waals surface area contributed by atoms with Gasteiger partial charge in [0, 0.05) is 24.9 Å². The molecule has 4 heteroatoms. The van der Waals surface area contributed by atoms with Gasteiger partial charge in [-0.25, -0.2) is 0 Å². The Morgan fingerprint density at radius 1 is 1.57 bits per heavy atom. The summed E-state index contributed by atoms with van der Waals surface area (Å²) in [7, 11) is 0. The molecule has 4 nitrogen and oxygen atoms in total. The van der Waals surface area contributed by atoms with E-state index in [0.29, 0.717) is 13.0 Å². The molecule has 2 N–H and O–H groups in total. The van der Waals surface area contributed by atoms with Crippen LogP contribution in [-0.4, -0.2) is 31.4 Å². The van der Waals surface area contributed by atoms with E-state index in [2.05, 4.69) is 15.6 Å². The number of hydrogen-bond acceptors (Lipinski definition) is 4. The van der Waals surface area contributed by atoms with Crippen LogP contribution in [-0.2, 0) is 4.79 Å². The molecule has 1 aliphatic rings. The van der Waals surface area contributed by atoms with Crippen LogP contribution in [0.2, 0.25) is 0 Å². The van der Waals surface area contributed by atoms with E-state index in [1.165, 1.54) is 0 Å². The fourth-order valence-electron chi connectivity index (χ4n) is 1.19. The number of carbonyl (C=O) groups excluding carboxylic acids is 1. The van der Waals surface area contributed by atoms with Crippen LogP contribution >= 0.6 is 0 Å². The second kappa shape index (κ2) is 4.44. The summed E-state index contributed by atoms with van der Waals surface area (Å²) < 4.78 is 0. The standard InChI is InChI=1S/C10H19N3O/c1-10(2,3)8(14)4-5-11-9-12-6-7-13-9/h4-7H2,1-3H3,(H2,11,12,13). The highest BCUT2D eigenvalue weighted by Crippen LogP contribution is 2.15. The summed E-state index contributed by atoms with van der Waals surface area (Å²) in [5, 5.41) is 6.20. The van der Waals surface area contributed by atoms with Crippen molar-refractivity contribution in [1.82, 2.24) is 10.6 Å². The maximum Gasteiger partial charge on any atom is 0.191 e. The predicted molar refractivity (Wildman–Crippen MR) is 57.4 cm³/mol. The Bertz CT molecular complexity index is 240. The molecule has 0 aliphatic carbocycles. The Kier molecular flexibility index (Phi) is 3.49. The van der Waals surface area contributed by atoms with Gasteiger partial charge in [-0.05, 0) is 0 Å². The van der Waals surface area contributed by atoms with Gasteiger partial charge in [0.2, 0.25) is 0 Å². The third-order valence-corrected chi connectivity index (χ3v) is 2.16. The average Bonchev–Trinajstić information content (AvgIpc) is 2.55. The summed E-state index contributed by atoms with van der Waals surface area (Å²) in [6.07, 6.45) is 0.560. The Labute approximate surface area is 85.2 Å². The summed E-state index contributed by atoms with van der Waals surface area (Å²) in [4.78, 5) is 15.7. The fourth-order valence-corrected chi connectivity index (χ4v) is 1.19. The van der Waals surface area contributed by atoms with Crippen molar-refractivity contribution in [3.05, 3.63) is 0 Å². The first kappa shape index (κ1) is 11.0. The van der Waals surface area contributed by atoms with Gasteiger partial charge in [-0.2, -0.15) is 0 Å². The largest absolute Gasteiger partial charge is 0.356 e. The average molecular weight is 197 g/mol. The van der Waals surface area contributed by atoms with Crippen LogP contribution in [0.15, 0.2) is 4.99 Å². The molecule has 0 unspecified atom stereocenters. The summed E-state index contributed by atoms with van der Waals surface area (Å²) in [5.74, 6) is 1.11. The van der Waals surface area contributed by atoms with Crippen LogP contribution < -0.4 is 10.6 Å². The molecule has 1 rings (SSSR count). The van der Waals surface area contributed by atoms with Crippen LogP contribution in [0.4, 0.5) is 0 Å². The van der Waals surface area contributed by atoms with Crippen molar-refractivity contribution < 1.29 is 4.79 Å². The molecule has 0 amide bonds. The first-order valence-corrected chi connectivity index (χ1v) is 5.05. The zero-order chi connectivity index (χ0) is 10.6. The number of carbonyl (C=O) groups is 1. The number of aliphatic imine (C=N–C) groups is 1. The number of rotatable bonds is 3.